The summed E-state index contributed by atoms with van der Waals surface area (Å²) in [6.45, 7) is 1.55. The van der Waals surface area contributed by atoms with Crippen LogP contribution in [0, 0.1) is 0 Å². The van der Waals surface area contributed by atoms with E-state index in [9.17, 15) is 4.79 Å². The van der Waals surface area contributed by atoms with Crippen LogP contribution in [0.2, 0.25) is 0 Å². The van der Waals surface area contributed by atoms with Crippen molar-refractivity contribution in [2.45, 2.75) is 31.7 Å². The summed E-state index contributed by atoms with van der Waals surface area (Å²) in [5.41, 5.74) is 3.88. The van der Waals surface area contributed by atoms with E-state index in [1.807, 2.05) is 37.2 Å². The zero-order chi connectivity index (χ0) is 20.8. The van der Waals surface area contributed by atoms with E-state index in [-0.39, 0.29) is 11.9 Å². The Bertz CT molecular complexity index is 1120. The van der Waals surface area contributed by atoms with Crippen LogP contribution in [0.15, 0.2) is 24.3 Å². The molecule has 156 valence electrons. The second-order valence-corrected chi connectivity index (χ2v) is 8.22. The number of hydrogen-bond donors (Lipinski definition) is 0. The minimum atomic E-state index is 0.00250. The molecular weight excluding hydrogens is 380 g/mol. The van der Waals surface area contributed by atoms with Gasteiger partial charge in [0.15, 0.2) is 5.82 Å². The van der Waals surface area contributed by atoms with Gasteiger partial charge in [-0.3, -0.25) is 4.79 Å². The molecule has 0 bridgehead atoms. The van der Waals surface area contributed by atoms with Crippen molar-refractivity contribution < 1.29 is 9.53 Å². The van der Waals surface area contributed by atoms with E-state index in [0.29, 0.717) is 11.4 Å². The predicted octanol–water partition coefficient (Wildman–Crippen LogP) is 2.21. The first-order valence-corrected chi connectivity index (χ1v) is 10.4. The highest BCUT2D eigenvalue weighted by Gasteiger charge is 2.34. The number of benzene rings is 1. The second kappa shape index (κ2) is 7.27. The number of fused-ring (bicyclic) bond motifs is 2. The minimum absolute atomic E-state index is 0.00250. The van der Waals surface area contributed by atoms with E-state index >= 15 is 0 Å². The number of aryl methyl sites for hydroxylation is 3. The maximum Gasteiger partial charge on any atom is 0.254 e. The summed E-state index contributed by atoms with van der Waals surface area (Å²) in [5.74, 6) is 1.62. The molecule has 0 radical (unpaired) electrons. The molecule has 1 amide bonds. The Morgan fingerprint density at radius 2 is 1.97 bits per heavy atom. The first kappa shape index (κ1) is 18.8. The van der Waals surface area contributed by atoms with Gasteiger partial charge in [-0.25, -0.2) is 4.68 Å². The lowest BCUT2D eigenvalue weighted by Gasteiger charge is -2.44. The fourth-order valence-electron chi connectivity index (χ4n) is 4.44. The topological polar surface area (TPSA) is 76.4 Å². The summed E-state index contributed by atoms with van der Waals surface area (Å²) < 4.78 is 7.07. The van der Waals surface area contributed by atoms with Crippen molar-refractivity contribution in [2.24, 2.45) is 7.05 Å². The number of rotatable bonds is 4. The monoisotopic (exact) mass is 406 g/mol. The van der Waals surface area contributed by atoms with Crippen molar-refractivity contribution in [1.82, 2.24) is 24.9 Å². The van der Waals surface area contributed by atoms with E-state index in [4.69, 9.17) is 4.74 Å². The highest BCUT2D eigenvalue weighted by molar-refractivity contribution is 5.99. The summed E-state index contributed by atoms with van der Waals surface area (Å²) in [6.07, 6.45) is 4.56. The summed E-state index contributed by atoms with van der Waals surface area (Å²) in [6, 6.07) is 7.92. The molecule has 3 heterocycles. The van der Waals surface area contributed by atoms with Crippen molar-refractivity contribution in [3.05, 3.63) is 41.1 Å². The number of methoxy groups -OCH3 is 1. The largest absolute Gasteiger partial charge is 0.481 e. The first-order valence-electron chi connectivity index (χ1n) is 10.4. The Kier molecular flexibility index (Phi) is 4.56. The van der Waals surface area contributed by atoms with Crippen molar-refractivity contribution >= 4 is 22.6 Å². The van der Waals surface area contributed by atoms with Crippen molar-refractivity contribution in [2.75, 3.05) is 32.1 Å². The van der Waals surface area contributed by atoms with E-state index in [1.165, 1.54) is 18.4 Å². The van der Waals surface area contributed by atoms with Crippen LogP contribution in [-0.4, -0.2) is 64.1 Å². The zero-order valence-corrected chi connectivity index (χ0v) is 17.6. The molecule has 2 aliphatic rings. The van der Waals surface area contributed by atoms with Crippen LogP contribution in [0.4, 0.5) is 5.82 Å². The molecule has 1 fully saturated rings. The lowest BCUT2D eigenvalue weighted by Crippen LogP contribution is -2.60. The highest BCUT2D eigenvalue weighted by Crippen LogP contribution is 2.28. The Morgan fingerprint density at radius 1 is 1.17 bits per heavy atom. The number of carbonyl (C=O) groups is 1. The van der Waals surface area contributed by atoms with Crippen molar-refractivity contribution in [3.8, 4) is 5.88 Å². The molecule has 3 aromatic rings. The van der Waals surface area contributed by atoms with Crippen LogP contribution in [-0.2, 0) is 19.9 Å². The third-order valence-electron chi connectivity index (χ3n) is 6.33. The van der Waals surface area contributed by atoms with Gasteiger partial charge in [0.1, 0.15) is 0 Å². The fraction of sp³-hybridized carbons (Fsp3) is 0.455. The number of hydrogen-bond acceptors (Lipinski definition) is 6. The van der Waals surface area contributed by atoms with Gasteiger partial charge in [0.05, 0.1) is 29.7 Å². The summed E-state index contributed by atoms with van der Waals surface area (Å²) in [5, 5.41) is 14.2. The Balaban J connectivity index is 1.27. The van der Waals surface area contributed by atoms with Gasteiger partial charge in [-0.2, -0.15) is 10.2 Å². The number of nitrogens with zero attached hydrogens (tertiary/aromatic N) is 6. The Hall–Kier alpha value is -3.16. The van der Waals surface area contributed by atoms with Gasteiger partial charge in [0, 0.05) is 32.7 Å². The van der Waals surface area contributed by atoms with Crippen LogP contribution in [0.5, 0.6) is 5.88 Å². The van der Waals surface area contributed by atoms with Crippen LogP contribution in [0.3, 0.4) is 0 Å². The molecule has 2 aromatic heterocycles. The van der Waals surface area contributed by atoms with Gasteiger partial charge in [-0.05, 0) is 55.5 Å². The smallest absolute Gasteiger partial charge is 0.254 e. The summed E-state index contributed by atoms with van der Waals surface area (Å²) in [7, 11) is 5.32. The SMILES string of the molecule is COc1c2ccc(C(=O)N(C)C3CN(c4cc5c(nn4)CCCC5)C3)cc2nn1C. The van der Waals surface area contributed by atoms with Crippen molar-refractivity contribution in [3.63, 3.8) is 0 Å². The molecule has 1 aliphatic carbocycles. The molecule has 30 heavy (non-hydrogen) atoms. The number of likely N-dealkylation sites (N-methyl/N-ethyl adjacent to an activating group) is 1. The van der Waals surface area contributed by atoms with Crippen LogP contribution < -0.4 is 9.64 Å². The molecular formula is C22H26N6O2. The maximum atomic E-state index is 13.0. The number of amides is 1. The molecule has 1 aliphatic heterocycles. The molecule has 0 atom stereocenters. The van der Waals surface area contributed by atoms with Gasteiger partial charge >= 0.3 is 0 Å². The molecule has 8 nitrogen and oxygen atoms in total. The van der Waals surface area contributed by atoms with E-state index in [1.54, 1.807) is 11.8 Å². The Morgan fingerprint density at radius 3 is 2.77 bits per heavy atom. The van der Waals surface area contributed by atoms with E-state index in [2.05, 4.69) is 26.3 Å². The minimum Gasteiger partial charge on any atom is -0.481 e. The van der Waals surface area contributed by atoms with Gasteiger partial charge in [-0.1, -0.05) is 0 Å². The normalized spacial score (nSPS) is 16.3. The average Bonchev–Trinajstić information content (AvgIpc) is 3.05. The third kappa shape index (κ3) is 3.07. The number of aromatic nitrogens is 4. The molecule has 5 rings (SSSR count). The molecule has 1 aromatic carbocycles. The van der Waals surface area contributed by atoms with Gasteiger partial charge in [0.2, 0.25) is 5.88 Å². The fourth-order valence-corrected chi connectivity index (χ4v) is 4.44. The molecule has 0 saturated carbocycles. The van der Waals surface area contributed by atoms with Crippen molar-refractivity contribution in [1.29, 1.82) is 0 Å². The van der Waals surface area contributed by atoms with E-state index < -0.39 is 0 Å². The van der Waals surface area contributed by atoms with Gasteiger partial charge < -0.3 is 14.5 Å². The van der Waals surface area contributed by atoms with E-state index in [0.717, 1.165) is 48.3 Å². The molecule has 0 unspecified atom stereocenters. The number of anilines is 1. The first-order chi connectivity index (χ1) is 14.5. The predicted molar refractivity (Wildman–Crippen MR) is 114 cm³/mol. The van der Waals surface area contributed by atoms with Crippen LogP contribution in [0.25, 0.3) is 10.9 Å². The zero-order valence-electron chi connectivity index (χ0n) is 17.6. The molecule has 1 saturated heterocycles. The maximum absolute atomic E-state index is 13.0. The molecule has 8 heteroatoms. The number of carbonyl (C=O) groups excluding carboxylic acids is 1. The average molecular weight is 406 g/mol. The van der Waals surface area contributed by atoms with Crippen LogP contribution in [0.1, 0.15) is 34.5 Å². The lowest BCUT2D eigenvalue weighted by atomic mass is 9.96. The van der Waals surface area contributed by atoms with Crippen LogP contribution >= 0.6 is 0 Å². The van der Waals surface area contributed by atoms with Gasteiger partial charge in [-0.15, -0.1) is 5.10 Å². The quantitative estimate of drug-likeness (QED) is 0.661. The third-order valence-corrected chi connectivity index (χ3v) is 6.33. The summed E-state index contributed by atoms with van der Waals surface area (Å²) in [4.78, 5) is 17.1. The van der Waals surface area contributed by atoms with Gasteiger partial charge in [0.25, 0.3) is 5.91 Å². The standard InChI is InChI=1S/C22H26N6O2/c1-26(21(29)15-8-9-17-19(10-15)25-27(2)22(17)30-3)16-12-28(13-16)20-11-14-6-4-5-7-18(14)23-24-20/h8-11,16H,4-7,12-13H2,1-3H3. The Labute approximate surface area is 175 Å². The highest BCUT2D eigenvalue weighted by atomic mass is 16.5. The lowest BCUT2D eigenvalue weighted by molar-refractivity contribution is 0.0705. The summed E-state index contributed by atoms with van der Waals surface area (Å²) >= 11 is 0. The molecule has 0 N–H and O–H groups in total. The number of ether oxygens (including phenoxy) is 1. The second-order valence-electron chi connectivity index (χ2n) is 8.22. The molecule has 0 spiro atoms.